The van der Waals surface area contributed by atoms with E-state index in [1.165, 1.54) is 5.56 Å². The van der Waals surface area contributed by atoms with Gasteiger partial charge in [-0.15, -0.1) is 0 Å². The van der Waals surface area contributed by atoms with Gasteiger partial charge in [0, 0.05) is 22.1 Å². The van der Waals surface area contributed by atoms with Crippen molar-refractivity contribution < 1.29 is 5.11 Å². The van der Waals surface area contributed by atoms with Crippen LogP contribution in [0.15, 0.2) is 72.8 Å². The van der Waals surface area contributed by atoms with Gasteiger partial charge in [-0.05, 0) is 54.1 Å². The standard InChI is InChI=1S/C21H17NO/c1-14-6-8-17(9-7-14)22-20-10-11-21(23)19-13-16-5-3-2-4-15(16)12-18(19)20/h2-13,22-23H,1H3. The first-order valence-corrected chi connectivity index (χ1v) is 7.69. The first-order valence-electron chi connectivity index (χ1n) is 7.69. The molecule has 0 bridgehead atoms. The molecule has 0 atom stereocenters. The second-order valence-electron chi connectivity index (χ2n) is 5.87. The number of phenolic OH excluding ortho intramolecular Hbond substituents is 1. The molecule has 0 spiro atoms. The number of aromatic hydroxyl groups is 1. The monoisotopic (exact) mass is 299 g/mol. The fourth-order valence-corrected chi connectivity index (χ4v) is 2.92. The smallest absolute Gasteiger partial charge is 0.123 e. The Morgan fingerprint density at radius 3 is 2.09 bits per heavy atom. The molecule has 0 heterocycles. The van der Waals surface area contributed by atoms with Gasteiger partial charge in [0.2, 0.25) is 0 Å². The summed E-state index contributed by atoms with van der Waals surface area (Å²) in [5.74, 6) is 0.306. The molecule has 0 fully saturated rings. The van der Waals surface area contributed by atoms with Crippen LogP contribution in [0.5, 0.6) is 5.75 Å². The van der Waals surface area contributed by atoms with Crippen molar-refractivity contribution in [2.24, 2.45) is 0 Å². The van der Waals surface area contributed by atoms with Crippen molar-refractivity contribution in [3.63, 3.8) is 0 Å². The maximum Gasteiger partial charge on any atom is 0.123 e. The highest BCUT2D eigenvalue weighted by Crippen LogP contribution is 2.35. The Morgan fingerprint density at radius 1 is 0.739 bits per heavy atom. The normalized spacial score (nSPS) is 11.0. The summed E-state index contributed by atoms with van der Waals surface area (Å²) < 4.78 is 0. The Bertz CT molecular complexity index is 1000. The number of hydrogen-bond donors (Lipinski definition) is 2. The molecule has 2 heteroatoms. The predicted octanol–water partition coefficient (Wildman–Crippen LogP) is 5.75. The first-order chi connectivity index (χ1) is 11.2. The van der Waals surface area contributed by atoms with Crippen LogP contribution in [0, 0.1) is 6.92 Å². The zero-order valence-electron chi connectivity index (χ0n) is 12.9. The van der Waals surface area contributed by atoms with Crippen LogP contribution in [0.3, 0.4) is 0 Å². The number of phenols is 1. The maximum atomic E-state index is 10.2. The fraction of sp³-hybridized carbons (Fsp3) is 0.0476. The van der Waals surface area contributed by atoms with Crippen molar-refractivity contribution >= 4 is 32.9 Å². The molecule has 0 amide bonds. The van der Waals surface area contributed by atoms with E-state index in [4.69, 9.17) is 0 Å². The summed E-state index contributed by atoms with van der Waals surface area (Å²) in [6.07, 6.45) is 0. The van der Waals surface area contributed by atoms with Gasteiger partial charge in [0.05, 0.1) is 0 Å². The minimum atomic E-state index is 0.306. The Kier molecular flexibility index (Phi) is 3.16. The van der Waals surface area contributed by atoms with Crippen molar-refractivity contribution in [3.8, 4) is 5.75 Å². The molecule has 0 aliphatic heterocycles. The minimum absolute atomic E-state index is 0.306. The Labute approximate surface area is 135 Å². The van der Waals surface area contributed by atoms with E-state index in [2.05, 4.69) is 54.7 Å². The van der Waals surface area contributed by atoms with Crippen LogP contribution in [0.1, 0.15) is 5.56 Å². The van der Waals surface area contributed by atoms with E-state index < -0.39 is 0 Å². The third-order valence-corrected chi connectivity index (χ3v) is 4.19. The van der Waals surface area contributed by atoms with Crippen LogP contribution in [0.25, 0.3) is 21.5 Å². The maximum absolute atomic E-state index is 10.2. The molecule has 0 aliphatic rings. The van der Waals surface area contributed by atoms with E-state index in [0.717, 1.165) is 32.9 Å². The molecule has 23 heavy (non-hydrogen) atoms. The molecule has 0 aliphatic carbocycles. The van der Waals surface area contributed by atoms with Crippen molar-refractivity contribution in [1.29, 1.82) is 0 Å². The molecule has 0 saturated heterocycles. The molecular formula is C21H17NO. The number of anilines is 2. The third-order valence-electron chi connectivity index (χ3n) is 4.19. The van der Waals surface area contributed by atoms with E-state index in [1.54, 1.807) is 6.07 Å². The summed E-state index contributed by atoms with van der Waals surface area (Å²) in [6, 6.07) is 24.3. The van der Waals surface area contributed by atoms with E-state index >= 15 is 0 Å². The van der Waals surface area contributed by atoms with Crippen LogP contribution < -0.4 is 5.32 Å². The summed E-state index contributed by atoms with van der Waals surface area (Å²) >= 11 is 0. The largest absolute Gasteiger partial charge is 0.507 e. The van der Waals surface area contributed by atoms with Gasteiger partial charge in [0.25, 0.3) is 0 Å². The van der Waals surface area contributed by atoms with Crippen molar-refractivity contribution in [2.75, 3.05) is 5.32 Å². The average Bonchev–Trinajstić information content (AvgIpc) is 2.58. The summed E-state index contributed by atoms with van der Waals surface area (Å²) in [7, 11) is 0. The van der Waals surface area contributed by atoms with Gasteiger partial charge in [-0.3, -0.25) is 0 Å². The molecule has 0 unspecified atom stereocenters. The van der Waals surface area contributed by atoms with Gasteiger partial charge in [0.15, 0.2) is 0 Å². The first kappa shape index (κ1) is 13.6. The lowest BCUT2D eigenvalue weighted by molar-refractivity contribution is 0.482. The lowest BCUT2D eigenvalue weighted by Crippen LogP contribution is -1.92. The molecule has 0 radical (unpaired) electrons. The van der Waals surface area contributed by atoms with E-state index in [1.807, 2.05) is 24.3 Å². The summed E-state index contributed by atoms with van der Waals surface area (Å²) in [4.78, 5) is 0. The molecule has 4 aromatic carbocycles. The van der Waals surface area contributed by atoms with Crippen molar-refractivity contribution in [2.45, 2.75) is 6.92 Å². The van der Waals surface area contributed by atoms with Gasteiger partial charge < -0.3 is 10.4 Å². The predicted molar refractivity (Wildman–Crippen MR) is 97.6 cm³/mol. The van der Waals surface area contributed by atoms with Crippen molar-refractivity contribution in [1.82, 2.24) is 0 Å². The molecule has 2 N–H and O–H groups in total. The zero-order valence-corrected chi connectivity index (χ0v) is 12.9. The SMILES string of the molecule is Cc1ccc(Nc2ccc(O)c3cc4ccccc4cc23)cc1. The third kappa shape index (κ3) is 2.49. The van der Waals surface area contributed by atoms with Gasteiger partial charge in [-0.2, -0.15) is 0 Å². The quantitative estimate of drug-likeness (QED) is 0.365. The molecule has 0 saturated carbocycles. The number of benzene rings is 4. The van der Waals surface area contributed by atoms with Gasteiger partial charge >= 0.3 is 0 Å². The minimum Gasteiger partial charge on any atom is -0.507 e. The van der Waals surface area contributed by atoms with Crippen LogP contribution >= 0.6 is 0 Å². The highest BCUT2D eigenvalue weighted by molar-refractivity contribution is 6.06. The molecule has 112 valence electrons. The highest BCUT2D eigenvalue weighted by Gasteiger charge is 2.07. The Hall–Kier alpha value is -3.00. The molecule has 4 rings (SSSR count). The van der Waals surface area contributed by atoms with E-state index in [0.29, 0.717) is 5.75 Å². The van der Waals surface area contributed by atoms with Crippen LogP contribution in [0.4, 0.5) is 11.4 Å². The fourth-order valence-electron chi connectivity index (χ4n) is 2.92. The van der Waals surface area contributed by atoms with E-state index in [-0.39, 0.29) is 0 Å². The summed E-state index contributed by atoms with van der Waals surface area (Å²) in [5, 5.41) is 17.9. The van der Waals surface area contributed by atoms with Gasteiger partial charge in [0.1, 0.15) is 5.75 Å². The van der Waals surface area contributed by atoms with Crippen molar-refractivity contribution in [3.05, 3.63) is 78.4 Å². The number of nitrogens with one attached hydrogen (secondary N) is 1. The summed E-state index contributed by atoms with van der Waals surface area (Å²) in [6.45, 7) is 2.08. The molecular weight excluding hydrogens is 282 g/mol. The van der Waals surface area contributed by atoms with Gasteiger partial charge in [-0.25, -0.2) is 0 Å². The number of rotatable bonds is 2. The van der Waals surface area contributed by atoms with Crippen LogP contribution in [-0.2, 0) is 0 Å². The van der Waals surface area contributed by atoms with Gasteiger partial charge in [-0.1, -0.05) is 42.0 Å². The van der Waals surface area contributed by atoms with E-state index in [9.17, 15) is 5.11 Å². The second kappa shape index (κ2) is 5.33. The van der Waals surface area contributed by atoms with Crippen LogP contribution in [0.2, 0.25) is 0 Å². The average molecular weight is 299 g/mol. The Balaban J connectivity index is 1.90. The number of hydrogen-bond acceptors (Lipinski definition) is 2. The second-order valence-corrected chi connectivity index (χ2v) is 5.87. The number of aryl methyl sites for hydroxylation is 1. The molecule has 0 aromatic heterocycles. The zero-order chi connectivity index (χ0) is 15.8. The lowest BCUT2D eigenvalue weighted by Gasteiger charge is -2.12. The topological polar surface area (TPSA) is 32.3 Å². The van der Waals surface area contributed by atoms with Crippen LogP contribution in [-0.4, -0.2) is 5.11 Å². The lowest BCUT2D eigenvalue weighted by atomic mass is 10.0. The Morgan fingerprint density at radius 2 is 1.39 bits per heavy atom. The number of fused-ring (bicyclic) bond motifs is 2. The molecule has 4 aromatic rings. The highest BCUT2D eigenvalue weighted by atomic mass is 16.3. The summed E-state index contributed by atoms with van der Waals surface area (Å²) in [5.41, 5.74) is 3.26. The molecule has 2 nitrogen and oxygen atoms in total.